The second-order valence-electron chi connectivity index (χ2n) is 4.34. The second-order valence-corrected chi connectivity index (χ2v) is 6.18. The molecule has 7 heteroatoms. The fourth-order valence-corrected chi connectivity index (χ4v) is 2.86. The molecule has 0 bridgehead atoms. The fourth-order valence-electron chi connectivity index (χ4n) is 1.76. The molecule has 2 rings (SSSR count). The molecule has 0 spiro atoms. The van der Waals surface area contributed by atoms with Crippen molar-refractivity contribution in [2.45, 2.75) is 6.42 Å². The van der Waals surface area contributed by atoms with Crippen molar-refractivity contribution in [2.75, 3.05) is 10.5 Å². The van der Waals surface area contributed by atoms with E-state index in [9.17, 15) is 13.2 Å². The van der Waals surface area contributed by atoms with Crippen LogP contribution in [0.15, 0.2) is 48.7 Å². The number of hydrogen-bond acceptors (Lipinski definition) is 4. The normalized spacial score (nSPS) is 11.0. The molecule has 1 heterocycles. The quantitative estimate of drug-likeness (QED) is 0.847. The van der Waals surface area contributed by atoms with E-state index < -0.39 is 16.0 Å². The maximum absolute atomic E-state index is 12.0. The molecule has 0 saturated carbocycles. The first-order valence-electron chi connectivity index (χ1n) is 6.21. The van der Waals surface area contributed by atoms with E-state index in [0.29, 0.717) is 5.69 Å². The van der Waals surface area contributed by atoms with Crippen LogP contribution in [-0.2, 0) is 16.4 Å². The van der Waals surface area contributed by atoms with Gasteiger partial charge in [-0.3, -0.25) is 9.71 Å². The second kappa shape index (κ2) is 6.36. The van der Waals surface area contributed by atoms with Crippen molar-refractivity contribution in [3.8, 4) is 0 Å². The molecule has 1 aromatic carbocycles. The van der Waals surface area contributed by atoms with Crippen LogP contribution in [0.4, 0.5) is 5.69 Å². The van der Waals surface area contributed by atoms with Crippen molar-refractivity contribution in [1.82, 2.24) is 4.98 Å². The first-order valence-corrected chi connectivity index (χ1v) is 7.86. The minimum atomic E-state index is -3.64. The Morgan fingerprint density at radius 3 is 2.52 bits per heavy atom. The molecule has 0 unspecified atom stereocenters. The average molecular weight is 306 g/mol. The highest BCUT2D eigenvalue weighted by molar-refractivity contribution is 7.92. The van der Waals surface area contributed by atoms with E-state index in [0.717, 1.165) is 0 Å². The Balaban J connectivity index is 2.10. The summed E-state index contributed by atoms with van der Waals surface area (Å²) in [6.07, 6.45) is 1.85. The van der Waals surface area contributed by atoms with Crippen LogP contribution in [0.3, 0.4) is 0 Å². The Morgan fingerprint density at radius 2 is 1.86 bits per heavy atom. The summed E-state index contributed by atoms with van der Waals surface area (Å²) in [5.74, 6) is -1.35. The van der Waals surface area contributed by atoms with Gasteiger partial charge in [0.15, 0.2) is 0 Å². The van der Waals surface area contributed by atoms with Crippen LogP contribution in [0.1, 0.15) is 16.1 Å². The first kappa shape index (κ1) is 15.0. The third-order valence-electron chi connectivity index (χ3n) is 2.78. The van der Waals surface area contributed by atoms with Crippen molar-refractivity contribution in [1.29, 1.82) is 0 Å². The first-order chi connectivity index (χ1) is 9.98. The molecule has 0 saturated heterocycles. The predicted octanol–water partition coefficient (Wildman–Crippen LogP) is 1.76. The standard InChI is InChI=1S/C14H14N2O4S/c17-14(18)12-6-1-2-7-13(12)16-21(19,20)10-8-11-5-3-4-9-15-11/h1-7,9,16H,8,10H2,(H,17,18). The number of aromatic nitrogens is 1. The van der Waals surface area contributed by atoms with E-state index in [4.69, 9.17) is 5.11 Å². The highest BCUT2D eigenvalue weighted by Gasteiger charge is 2.16. The molecule has 0 aliphatic rings. The number of aryl methyl sites for hydroxylation is 1. The van der Waals surface area contributed by atoms with Crippen molar-refractivity contribution >= 4 is 21.7 Å². The number of carboxylic acid groups (broad SMARTS) is 1. The van der Waals surface area contributed by atoms with Gasteiger partial charge in [0.25, 0.3) is 0 Å². The van der Waals surface area contributed by atoms with Crippen LogP contribution in [0.2, 0.25) is 0 Å². The Kier molecular flexibility index (Phi) is 4.54. The van der Waals surface area contributed by atoms with Crippen LogP contribution in [-0.4, -0.2) is 30.2 Å². The van der Waals surface area contributed by atoms with Gasteiger partial charge in [-0.1, -0.05) is 18.2 Å². The Hall–Kier alpha value is -2.41. The van der Waals surface area contributed by atoms with Gasteiger partial charge in [-0.05, 0) is 24.3 Å². The van der Waals surface area contributed by atoms with Crippen LogP contribution >= 0.6 is 0 Å². The lowest BCUT2D eigenvalue weighted by molar-refractivity contribution is 0.0698. The highest BCUT2D eigenvalue weighted by atomic mass is 32.2. The van der Waals surface area contributed by atoms with Gasteiger partial charge >= 0.3 is 5.97 Å². The largest absolute Gasteiger partial charge is 0.478 e. The van der Waals surface area contributed by atoms with Crippen LogP contribution in [0.25, 0.3) is 0 Å². The highest BCUT2D eigenvalue weighted by Crippen LogP contribution is 2.16. The molecule has 110 valence electrons. The van der Waals surface area contributed by atoms with Crippen molar-refractivity contribution in [2.24, 2.45) is 0 Å². The molecule has 0 amide bonds. The molecule has 21 heavy (non-hydrogen) atoms. The van der Waals surface area contributed by atoms with E-state index in [1.807, 2.05) is 0 Å². The van der Waals surface area contributed by atoms with Gasteiger partial charge in [0.2, 0.25) is 10.0 Å². The Bertz CT molecular complexity index is 730. The summed E-state index contributed by atoms with van der Waals surface area (Å²) in [5.41, 5.74) is 0.638. The Labute approximate surface area is 122 Å². The van der Waals surface area contributed by atoms with Crippen molar-refractivity contribution in [3.05, 3.63) is 59.9 Å². The SMILES string of the molecule is O=C(O)c1ccccc1NS(=O)(=O)CCc1ccccn1. The number of nitrogens with zero attached hydrogens (tertiary/aromatic N) is 1. The minimum Gasteiger partial charge on any atom is -0.478 e. The van der Waals surface area contributed by atoms with Gasteiger partial charge in [-0.2, -0.15) is 0 Å². The number of pyridine rings is 1. The maximum Gasteiger partial charge on any atom is 0.337 e. The number of carboxylic acids is 1. The number of aromatic carboxylic acids is 1. The zero-order valence-electron chi connectivity index (χ0n) is 11.1. The number of anilines is 1. The molecular formula is C14H14N2O4S. The topological polar surface area (TPSA) is 96.4 Å². The Morgan fingerprint density at radius 1 is 1.14 bits per heavy atom. The fraction of sp³-hybridized carbons (Fsp3) is 0.143. The third-order valence-corrected chi connectivity index (χ3v) is 4.05. The third kappa shape index (κ3) is 4.28. The van der Waals surface area contributed by atoms with E-state index in [1.165, 1.54) is 18.2 Å². The van der Waals surface area contributed by atoms with E-state index in [2.05, 4.69) is 9.71 Å². The molecule has 2 N–H and O–H groups in total. The summed E-state index contributed by atoms with van der Waals surface area (Å²) in [5, 5.41) is 9.03. The van der Waals surface area contributed by atoms with Gasteiger partial charge < -0.3 is 5.11 Å². The van der Waals surface area contributed by atoms with Gasteiger partial charge in [-0.15, -0.1) is 0 Å². The van der Waals surface area contributed by atoms with E-state index in [1.54, 1.807) is 30.5 Å². The molecule has 2 aromatic rings. The molecule has 1 aromatic heterocycles. The maximum atomic E-state index is 12.0. The summed E-state index contributed by atoms with van der Waals surface area (Å²) >= 11 is 0. The van der Waals surface area contributed by atoms with Gasteiger partial charge in [0.05, 0.1) is 17.0 Å². The van der Waals surface area contributed by atoms with Crippen LogP contribution in [0.5, 0.6) is 0 Å². The molecular weight excluding hydrogens is 292 g/mol. The zero-order chi connectivity index (χ0) is 15.3. The minimum absolute atomic E-state index is 0.0611. The van der Waals surface area contributed by atoms with E-state index >= 15 is 0 Å². The lowest BCUT2D eigenvalue weighted by Gasteiger charge is -2.10. The molecule has 0 radical (unpaired) electrons. The summed E-state index contributed by atoms with van der Waals surface area (Å²) in [7, 11) is -3.64. The van der Waals surface area contributed by atoms with Crippen LogP contribution < -0.4 is 4.72 Å². The number of nitrogens with one attached hydrogen (secondary N) is 1. The lowest BCUT2D eigenvalue weighted by atomic mass is 10.2. The molecule has 0 aliphatic heterocycles. The summed E-state index contributed by atoms with van der Waals surface area (Å²) in [4.78, 5) is 15.1. The molecule has 0 aliphatic carbocycles. The monoisotopic (exact) mass is 306 g/mol. The van der Waals surface area contributed by atoms with Crippen molar-refractivity contribution in [3.63, 3.8) is 0 Å². The number of sulfonamides is 1. The van der Waals surface area contributed by atoms with Gasteiger partial charge in [0.1, 0.15) is 0 Å². The van der Waals surface area contributed by atoms with Crippen molar-refractivity contribution < 1.29 is 18.3 Å². The molecule has 0 atom stereocenters. The van der Waals surface area contributed by atoms with Gasteiger partial charge in [0, 0.05) is 18.3 Å². The predicted molar refractivity (Wildman–Crippen MR) is 78.8 cm³/mol. The molecule has 0 fully saturated rings. The molecule has 6 nitrogen and oxygen atoms in total. The number of hydrogen-bond donors (Lipinski definition) is 2. The number of rotatable bonds is 6. The summed E-state index contributed by atoms with van der Waals surface area (Å²) < 4.78 is 26.3. The summed E-state index contributed by atoms with van der Waals surface area (Å²) in [6.45, 7) is 0. The van der Waals surface area contributed by atoms with E-state index in [-0.39, 0.29) is 23.4 Å². The number of para-hydroxylation sites is 1. The zero-order valence-corrected chi connectivity index (χ0v) is 11.9. The average Bonchev–Trinajstić information content (AvgIpc) is 2.46. The number of benzene rings is 1. The van der Waals surface area contributed by atoms with Crippen LogP contribution in [0, 0.1) is 0 Å². The smallest absolute Gasteiger partial charge is 0.337 e. The summed E-state index contributed by atoms with van der Waals surface area (Å²) in [6, 6.07) is 11.1. The van der Waals surface area contributed by atoms with Gasteiger partial charge in [-0.25, -0.2) is 13.2 Å². The number of carbonyl (C=O) groups is 1. The lowest BCUT2D eigenvalue weighted by Crippen LogP contribution is -2.20.